The fourth-order valence-electron chi connectivity index (χ4n) is 3.34. The number of benzene rings is 1. The van der Waals surface area contributed by atoms with Crippen LogP contribution in [0.4, 0.5) is 5.00 Å². The number of ketones is 1. The molecule has 1 fully saturated rings. The number of anilines is 1. The molecule has 0 atom stereocenters. The molecule has 126 valence electrons. The van der Waals surface area contributed by atoms with Crippen molar-refractivity contribution >= 4 is 28.0 Å². The Hall–Kier alpha value is -2.45. The van der Waals surface area contributed by atoms with Crippen LogP contribution < -0.4 is 5.32 Å². The Morgan fingerprint density at radius 2 is 1.92 bits per heavy atom. The number of hydrogen-bond acceptors (Lipinski definition) is 4. The predicted molar refractivity (Wildman–Crippen MR) is 97.1 cm³/mol. The molecule has 0 radical (unpaired) electrons. The van der Waals surface area contributed by atoms with Crippen LogP contribution in [0.3, 0.4) is 0 Å². The van der Waals surface area contributed by atoms with Crippen LogP contribution in [0, 0.1) is 17.2 Å². The third-order valence-electron chi connectivity index (χ3n) is 4.87. The summed E-state index contributed by atoms with van der Waals surface area (Å²) in [4.78, 5) is 26.0. The van der Waals surface area contributed by atoms with Crippen molar-refractivity contribution in [3.05, 3.63) is 51.4 Å². The van der Waals surface area contributed by atoms with Gasteiger partial charge in [0.1, 0.15) is 11.1 Å². The molecule has 0 spiro atoms. The number of fused-ring (bicyclic) bond motifs is 1. The Kier molecular flexibility index (Phi) is 4.14. The summed E-state index contributed by atoms with van der Waals surface area (Å²) in [5, 5.41) is 13.0. The van der Waals surface area contributed by atoms with Crippen LogP contribution in [-0.2, 0) is 12.8 Å². The highest BCUT2D eigenvalue weighted by atomic mass is 32.1. The van der Waals surface area contributed by atoms with Crippen molar-refractivity contribution in [2.45, 2.75) is 38.5 Å². The van der Waals surface area contributed by atoms with Gasteiger partial charge < -0.3 is 5.32 Å². The molecular formula is C20H18N2O2S. The van der Waals surface area contributed by atoms with Gasteiger partial charge in [0.2, 0.25) is 0 Å². The van der Waals surface area contributed by atoms with Gasteiger partial charge in [-0.2, -0.15) is 5.26 Å². The molecule has 1 amide bonds. The van der Waals surface area contributed by atoms with Crippen molar-refractivity contribution in [2.75, 3.05) is 5.32 Å². The number of rotatable bonds is 4. The Morgan fingerprint density at radius 3 is 2.68 bits per heavy atom. The summed E-state index contributed by atoms with van der Waals surface area (Å²) in [5.41, 5.74) is 2.77. The number of carbonyl (C=O) groups excluding carboxylic acids is 2. The molecule has 2 aliphatic rings. The van der Waals surface area contributed by atoms with Gasteiger partial charge in [-0.3, -0.25) is 9.59 Å². The number of Topliss-reactive ketones (excluding diaryl/α,β-unsaturated/α-hetero) is 1. The van der Waals surface area contributed by atoms with Crippen LogP contribution in [0.2, 0.25) is 0 Å². The van der Waals surface area contributed by atoms with Gasteiger partial charge in [-0.25, -0.2) is 0 Å². The van der Waals surface area contributed by atoms with E-state index in [0.717, 1.165) is 44.1 Å². The first-order valence-corrected chi connectivity index (χ1v) is 9.49. The molecule has 1 N–H and O–H groups in total. The Morgan fingerprint density at radius 1 is 1.16 bits per heavy atom. The van der Waals surface area contributed by atoms with E-state index < -0.39 is 0 Å². The fraction of sp³-hybridized carbons (Fsp3) is 0.350. The quantitative estimate of drug-likeness (QED) is 0.834. The SMILES string of the molecule is N#Cc1c(NC(=O)c2cccc(C(=O)C3CC3)c2)sc2c1CCCC2. The second-order valence-electron chi connectivity index (χ2n) is 6.70. The molecule has 1 aromatic carbocycles. The number of thiophene rings is 1. The molecule has 1 aromatic heterocycles. The van der Waals surface area contributed by atoms with E-state index in [2.05, 4.69) is 11.4 Å². The van der Waals surface area contributed by atoms with E-state index in [4.69, 9.17) is 0 Å². The van der Waals surface area contributed by atoms with Crippen molar-refractivity contribution in [3.63, 3.8) is 0 Å². The summed E-state index contributed by atoms with van der Waals surface area (Å²) in [6.07, 6.45) is 6.02. The fourth-order valence-corrected chi connectivity index (χ4v) is 4.58. The molecule has 25 heavy (non-hydrogen) atoms. The Labute approximate surface area is 150 Å². The predicted octanol–water partition coefficient (Wildman–Crippen LogP) is 4.34. The molecule has 5 heteroatoms. The third kappa shape index (κ3) is 3.10. The normalized spacial score (nSPS) is 16.0. The number of carbonyl (C=O) groups is 2. The molecule has 4 rings (SSSR count). The molecule has 0 saturated heterocycles. The molecule has 0 unspecified atom stereocenters. The van der Waals surface area contributed by atoms with Gasteiger partial charge in [0.05, 0.1) is 5.56 Å². The standard InChI is InChI=1S/C20H18N2O2S/c21-11-16-15-6-1-2-7-17(15)25-20(16)22-19(24)14-5-3-4-13(10-14)18(23)12-8-9-12/h3-5,10,12H,1-2,6-9H2,(H,22,24). The van der Waals surface area contributed by atoms with Crippen molar-refractivity contribution in [3.8, 4) is 6.07 Å². The molecule has 0 aliphatic heterocycles. The lowest BCUT2D eigenvalue weighted by Gasteiger charge is -2.09. The minimum Gasteiger partial charge on any atom is -0.312 e. The number of amides is 1. The maximum absolute atomic E-state index is 12.6. The second kappa shape index (κ2) is 6.45. The summed E-state index contributed by atoms with van der Waals surface area (Å²) in [7, 11) is 0. The Bertz CT molecular complexity index is 903. The number of nitrogens with one attached hydrogen (secondary N) is 1. The van der Waals surface area contributed by atoms with Crippen molar-refractivity contribution in [2.24, 2.45) is 5.92 Å². The number of nitriles is 1. The maximum Gasteiger partial charge on any atom is 0.256 e. The molecule has 2 aromatic rings. The van der Waals surface area contributed by atoms with Gasteiger partial charge in [-0.05, 0) is 56.2 Å². The van der Waals surface area contributed by atoms with Crippen LogP contribution >= 0.6 is 11.3 Å². The summed E-state index contributed by atoms with van der Waals surface area (Å²) in [5.74, 6) is -0.00739. The highest BCUT2D eigenvalue weighted by Gasteiger charge is 2.30. The minimum atomic E-state index is -0.263. The van der Waals surface area contributed by atoms with Crippen LogP contribution in [0.15, 0.2) is 24.3 Å². The number of nitrogens with zero attached hydrogens (tertiary/aromatic N) is 1. The third-order valence-corrected chi connectivity index (χ3v) is 6.07. The second-order valence-corrected chi connectivity index (χ2v) is 7.81. The van der Waals surface area contributed by atoms with Crippen LogP contribution in [0.25, 0.3) is 0 Å². The van der Waals surface area contributed by atoms with E-state index >= 15 is 0 Å². The lowest BCUT2D eigenvalue weighted by Crippen LogP contribution is -2.13. The molecular weight excluding hydrogens is 332 g/mol. The largest absolute Gasteiger partial charge is 0.312 e. The van der Waals surface area contributed by atoms with E-state index in [-0.39, 0.29) is 17.6 Å². The summed E-state index contributed by atoms with van der Waals surface area (Å²) in [6.45, 7) is 0. The molecule has 0 bridgehead atoms. The lowest BCUT2D eigenvalue weighted by atomic mass is 9.96. The topological polar surface area (TPSA) is 70.0 Å². The average Bonchev–Trinajstić information content (AvgIpc) is 3.43. The average molecular weight is 350 g/mol. The summed E-state index contributed by atoms with van der Waals surface area (Å²) in [6, 6.07) is 9.14. The van der Waals surface area contributed by atoms with Gasteiger partial charge in [-0.15, -0.1) is 11.3 Å². The van der Waals surface area contributed by atoms with Crippen LogP contribution in [-0.4, -0.2) is 11.7 Å². The first kappa shape index (κ1) is 16.0. The first-order valence-electron chi connectivity index (χ1n) is 8.67. The zero-order valence-electron chi connectivity index (χ0n) is 13.8. The van der Waals surface area contributed by atoms with Gasteiger partial charge >= 0.3 is 0 Å². The van der Waals surface area contributed by atoms with E-state index in [9.17, 15) is 14.9 Å². The van der Waals surface area contributed by atoms with Gasteiger partial charge in [0.15, 0.2) is 5.78 Å². The van der Waals surface area contributed by atoms with Gasteiger partial charge in [-0.1, -0.05) is 12.1 Å². The maximum atomic E-state index is 12.6. The molecule has 4 nitrogen and oxygen atoms in total. The summed E-state index contributed by atoms with van der Waals surface area (Å²) >= 11 is 1.51. The first-order chi connectivity index (χ1) is 12.2. The van der Waals surface area contributed by atoms with Crippen molar-refractivity contribution in [1.29, 1.82) is 5.26 Å². The van der Waals surface area contributed by atoms with E-state index in [1.807, 2.05) is 0 Å². The lowest BCUT2D eigenvalue weighted by molar-refractivity contribution is 0.0967. The highest BCUT2D eigenvalue weighted by molar-refractivity contribution is 7.16. The monoisotopic (exact) mass is 350 g/mol. The molecule has 1 heterocycles. The molecule has 2 aliphatic carbocycles. The Balaban J connectivity index is 1.58. The minimum absolute atomic E-state index is 0.124. The van der Waals surface area contributed by atoms with Gasteiger partial charge in [0.25, 0.3) is 5.91 Å². The number of aryl methyl sites for hydroxylation is 1. The van der Waals surface area contributed by atoms with E-state index in [0.29, 0.717) is 21.7 Å². The van der Waals surface area contributed by atoms with Crippen LogP contribution in [0.5, 0.6) is 0 Å². The van der Waals surface area contributed by atoms with E-state index in [1.54, 1.807) is 24.3 Å². The zero-order valence-corrected chi connectivity index (χ0v) is 14.6. The molecule has 1 saturated carbocycles. The van der Waals surface area contributed by atoms with Crippen molar-refractivity contribution < 1.29 is 9.59 Å². The highest BCUT2D eigenvalue weighted by Crippen LogP contribution is 2.38. The zero-order chi connectivity index (χ0) is 17.4. The van der Waals surface area contributed by atoms with Crippen molar-refractivity contribution in [1.82, 2.24) is 0 Å². The summed E-state index contributed by atoms with van der Waals surface area (Å²) < 4.78 is 0. The van der Waals surface area contributed by atoms with Gasteiger partial charge in [0, 0.05) is 21.9 Å². The van der Waals surface area contributed by atoms with E-state index in [1.165, 1.54) is 16.2 Å². The van der Waals surface area contributed by atoms with Crippen LogP contribution in [0.1, 0.15) is 62.4 Å². The number of hydrogen-bond donors (Lipinski definition) is 1. The smallest absolute Gasteiger partial charge is 0.256 e.